The summed E-state index contributed by atoms with van der Waals surface area (Å²) in [7, 11) is 0. The maximum atomic E-state index is 11.3. The summed E-state index contributed by atoms with van der Waals surface area (Å²) in [5, 5.41) is 0. The molecule has 5 rings (SSSR count). The van der Waals surface area contributed by atoms with E-state index in [9.17, 15) is 4.79 Å². The Bertz CT molecular complexity index is 694. The summed E-state index contributed by atoms with van der Waals surface area (Å²) in [5.41, 5.74) is 3.24. The second-order valence-electron chi connectivity index (χ2n) is 10.1. The van der Waals surface area contributed by atoms with Crippen LogP contribution in [0.3, 0.4) is 0 Å². The average molecular weight is 371 g/mol. The average Bonchev–Trinajstić information content (AvgIpc) is 3.16. The van der Waals surface area contributed by atoms with Gasteiger partial charge in [-0.15, -0.1) is 0 Å². The van der Waals surface area contributed by atoms with Crippen LogP contribution < -0.4 is 0 Å². The number of fused-ring (bicyclic) bond motifs is 6. The first kappa shape index (κ1) is 18.0. The quantitative estimate of drug-likeness (QED) is 0.470. The van der Waals surface area contributed by atoms with Crippen molar-refractivity contribution in [2.75, 3.05) is 6.61 Å². The zero-order valence-corrected chi connectivity index (χ0v) is 17.0. The standard InChI is InChI=1S/C24H34O3/c1-15-10-13-26-24(15)12-9-22-21-6-4-17-14-18(27-16(2)25)5-7-19(17)20(21)8-11-23(22,24)3/h14,18-22H,1,4-13H2,2-3H3/t18-,19-,20+,21+,22-,23-,24-/m0/s1. The van der Waals surface area contributed by atoms with Gasteiger partial charge in [-0.1, -0.05) is 19.1 Å². The van der Waals surface area contributed by atoms with Crippen molar-refractivity contribution in [2.45, 2.75) is 83.3 Å². The third-order valence-electron chi connectivity index (χ3n) is 9.17. The van der Waals surface area contributed by atoms with Crippen molar-refractivity contribution >= 4 is 5.97 Å². The molecule has 4 fully saturated rings. The van der Waals surface area contributed by atoms with Crippen LogP contribution in [0, 0.1) is 29.1 Å². The largest absolute Gasteiger partial charge is 0.458 e. The molecule has 3 heteroatoms. The number of hydrogen-bond acceptors (Lipinski definition) is 3. The minimum absolute atomic E-state index is 0.0177. The lowest BCUT2D eigenvalue weighted by Gasteiger charge is -2.56. The molecule has 0 bridgehead atoms. The summed E-state index contributed by atoms with van der Waals surface area (Å²) in [6.07, 6.45) is 13.2. The van der Waals surface area contributed by atoms with Gasteiger partial charge in [0.2, 0.25) is 0 Å². The summed E-state index contributed by atoms with van der Waals surface area (Å²) >= 11 is 0. The number of allylic oxidation sites excluding steroid dienone is 1. The predicted octanol–water partition coefficient (Wildman–Crippen LogP) is 5.21. The molecule has 5 aliphatic rings. The van der Waals surface area contributed by atoms with Gasteiger partial charge in [0.15, 0.2) is 0 Å². The third-order valence-corrected chi connectivity index (χ3v) is 9.17. The Balaban J connectivity index is 1.39. The lowest BCUT2D eigenvalue weighted by Crippen LogP contribution is -2.53. The molecule has 3 saturated carbocycles. The molecule has 0 N–H and O–H groups in total. The van der Waals surface area contributed by atoms with Crippen LogP contribution >= 0.6 is 0 Å². The molecule has 1 spiro atoms. The summed E-state index contributed by atoms with van der Waals surface area (Å²) in [5.74, 6) is 3.03. The van der Waals surface area contributed by atoms with Gasteiger partial charge in [-0.05, 0) is 93.1 Å². The highest BCUT2D eigenvalue weighted by molar-refractivity contribution is 5.66. The molecule has 0 aromatic heterocycles. The molecule has 1 saturated heterocycles. The summed E-state index contributed by atoms with van der Waals surface area (Å²) in [6, 6.07) is 0. The van der Waals surface area contributed by atoms with E-state index in [2.05, 4.69) is 19.6 Å². The van der Waals surface area contributed by atoms with Crippen molar-refractivity contribution in [3.05, 3.63) is 23.8 Å². The molecule has 0 aromatic rings. The smallest absolute Gasteiger partial charge is 0.303 e. The van der Waals surface area contributed by atoms with Crippen molar-refractivity contribution in [2.24, 2.45) is 29.1 Å². The highest BCUT2D eigenvalue weighted by atomic mass is 16.5. The number of carbonyl (C=O) groups excluding carboxylic acids is 1. The van der Waals surface area contributed by atoms with E-state index >= 15 is 0 Å². The second-order valence-corrected chi connectivity index (χ2v) is 10.1. The predicted molar refractivity (Wildman–Crippen MR) is 105 cm³/mol. The number of ether oxygens (including phenoxy) is 2. The minimum atomic E-state index is -0.148. The van der Waals surface area contributed by atoms with Crippen LogP contribution in [0.1, 0.15) is 71.6 Å². The zero-order valence-electron chi connectivity index (χ0n) is 17.0. The Morgan fingerprint density at radius 2 is 2.00 bits per heavy atom. The van der Waals surface area contributed by atoms with Crippen LogP contribution in [0.2, 0.25) is 0 Å². The van der Waals surface area contributed by atoms with E-state index in [1.54, 1.807) is 5.57 Å². The lowest BCUT2D eigenvalue weighted by molar-refractivity contribution is -0.145. The molecule has 0 radical (unpaired) electrons. The number of rotatable bonds is 1. The van der Waals surface area contributed by atoms with Gasteiger partial charge in [-0.25, -0.2) is 0 Å². The number of esters is 1. The first-order chi connectivity index (χ1) is 12.9. The Morgan fingerprint density at radius 3 is 2.74 bits per heavy atom. The Hall–Kier alpha value is -1.09. The van der Waals surface area contributed by atoms with Gasteiger partial charge >= 0.3 is 5.97 Å². The van der Waals surface area contributed by atoms with Crippen molar-refractivity contribution in [3.63, 3.8) is 0 Å². The van der Waals surface area contributed by atoms with E-state index in [0.29, 0.717) is 0 Å². The summed E-state index contributed by atoms with van der Waals surface area (Å²) < 4.78 is 12.0. The van der Waals surface area contributed by atoms with Crippen molar-refractivity contribution < 1.29 is 14.3 Å². The van der Waals surface area contributed by atoms with Gasteiger partial charge in [0.25, 0.3) is 0 Å². The molecule has 148 valence electrons. The van der Waals surface area contributed by atoms with Crippen LogP contribution in [0.4, 0.5) is 0 Å². The van der Waals surface area contributed by atoms with Gasteiger partial charge in [0.1, 0.15) is 6.10 Å². The number of carbonyl (C=O) groups is 1. The van der Waals surface area contributed by atoms with Gasteiger partial charge in [-0.3, -0.25) is 4.79 Å². The van der Waals surface area contributed by atoms with Gasteiger partial charge in [-0.2, -0.15) is 0 Å². The molecule has 4 aliphatic carbocycles. The monoisotopic (exact) mass is 370 g/mol. The normalized spacial score (nSPS) is 48.6. The second kappa shape index (κ2) is 6.20. The van der Waals surface area contributed by atoms with Crippen LogP contribution in [0.5, 0.6) is 0 Å². The first-order valence-corrected chi connectivity index (χ1v) is 11.1. The molecular formula is C24H34O3. The van der Waals surface area contributed by atoms with Crippen molar-refractivity contribution in [3.8, 4) is 0 Å². The summed E-state index contributed by atoms with van der Waals surface area (Å²) in [6.45, 7) is 9.38. The first-order valence-electron chi connectivity index (χ1n) is 11.1. The molecule has 3 nitrogen and oxygen atoms in total. The van der Waals surface area contributed by atoms with Gasteiger partial charge in [0.05, 0.1) is 12.2 Å². The van der Waals surface area contributed by atoms with Crippen molar-refractivity contribution in [1.29, 1.82) is 0 Å². The number of hydrogen-bond donors (Lipinski definition) is 0. The van der Waals surface area contributed by atoms with Crippen LogP contribution in [-0.2, 0) is 14.3 Å². The fourth-order valence-corrected chi connectivity index (χ4v) is 8.07. The molecule has 1 heterocycles. The molecule has 0 aromatic carbocycles. The molecule has 27 heavy (non-hydrogen) atoms. The van der Waals surface area contributed by atoms with E-state index in [1.807, 2.05) is 0 Å². The van der Waals surface area contributed by atoms with E-state index in [-0.39, 0.29) is 23.1 Å². The fourth-order valence-electron chi connectivity index (χ4n) is 8.07. The topological polar surface area (TPSA) is 35.5 Å². The summed E-state index contributed by atoms with van der Waals surface area (Å²) in [4.78, 5) is 11.3. The molecular weight excluding hydrogens is 336 g/mol. The minimum Gasteiger partial charge on any atom is -0.458 e. The molecule has 7 atom stereocenters. The maximum absolute atomic E-state index is 11.3. The van der Waals surface area contributed by atoms with E-state index < -0.39 is 0 Å². The highest BCUT2D eigenvalue weighted by Crippen LogP contribution is 2.68. The fraction of sp³-hybridized carbons (Fsp3) is 0.792. The Labute approximate surface area is 163 Å². The van der Waals surface area contributed by atoms with E-state index in [4.69, 9.17) is 9.47 Å². The zero-order chi connectivity index (χ0) is 18.8. The molecule has 0 unspecified atom stereocenters. The SMILES string of the molecule is C=C1CCO[C@@]12CC[C@H]1[C@@H]3CCC4=C[C@@H](OC(C)=O)CC[C@@H]4[C@H]3CC[C@@]12C. The van der Waals surface area contributed by atoms with E-state index in [0.717, 1.165) is 43.1 Å². The molecule has 0 amide bonds. The van der Waals surface area contributed by atoms with Crippen molar-refractivity contribution in [1.82, 2.24) is 0 Å². The van der Waals surface area contributed by atoms with Crippen LogP contribution in [-0.4, -0.2) is 24.3 Å². The molecule has 1 aliphatic heterocycles. The lowest BCUT2D eigenvalue weighted by atomic mass is 9.50. The third kappa shape index (κ3) is 2.46. The maximum Gasteiger partial charge on any atom is 0.303 e. The van der Waals surface area contributed by atoms with Gasteiger partial charge < -0.3 is 9.47 Å². The van der Waals surface area contributed by atoms with Gasteiger partial charge in [0, 0.05) is 12.3 Å². The van der Waals surface area contributed by atoms with E-state index in [1.165, 1.54) is 57.4 Å². The Kier molecular flexibility index (Phi) is 4.13. The Morgan fingerprint density at radius 1 is 1.15 bits per heavy atom. The van der Waals surface area contributed by atoms with Crippen LogP contribution in [0.15, 0.2) is 23.8 Å². The highest BCUT2D eigenvalue weighted by Gasteiger charge is 2.65. The van der Waals surface area contributed by atoms with Crippen LogP contribution in [0.25, 0.3) is 0 Å².